The summed E-state index contributed by atoms with van der Waals surface area (Å²) in [6, 6.07) is 10.2. The van der Waals surface area contributed by atoms with E-state index < -0.39 is 10.8 Å². The first-order chi connectivity index (χ1) is 12.0. The second kappa shape index (κ2) is 8.29. The molecule has 130 valence electrons. The van der Waals surface area contributed by atoms with E-state index in [9.17, 15) is 20.0 Å². The lowest BCUT2D eigenvalue weighted by Gasteiger charge is -2.06. The van der Waals surface area contributed by atoms with E-state index in [1.807, 2.05) is 0 Å². The molecular formula is C16H15N3O6. The molecule has 0 unspecified atom stereocenters. The topological polar surface area (TPSA) is 123 Å². The summed E-state index contributed by atoms with van der Waals surface area (Å²) in [6.45, 7) is -0.273. The van der Waals surface area contributed by atoms with Gasteiger partial charge < -0.3 is 14.6 Å². The van der Waals surface area contributed by atoms with Gasteiger partial charge >= 0.3 is 0 Å². The number of rotatable bonds is 7. The van der Waals surface area contributed by atoms with Gasteiger partial charge in [0.1, 0.15) is 17.2 Å². The summed E-state index contributed by atoms with van der Waals surface area (Å²) >= 11 is 0. The molecule has 2 aromatic rings. The van der Waals surface area contributed by atoms with Crippen molar-refractivity contribution in [3.8, 4) is 17.2 Å². The van der Waals surface area contributed by atoms with Crippen LogP contribution in [0, 0.1) is 10.1 Å². The van der Waals surface area contributed by atoms with Crippen LogP contribution in [0.1, 0.15) is 5.56 Å². The number of nitro benzene ring substituents is 1. The summed E-state index contributed by atoms with van der Waals surface area (Å²) in [6.07, 6.45) is 1.10. The summed E-state index contributed by atoms with van der Waals surface area (Å²) in [5.74, 6) is 0.421. The average molecular weight is 345 g/mol. The number of benzene rings is 2. The first kappa shape index (κ1) is 17.7. The number of amides is 1. The molecule has 0 aliphatic carbocycles. The Morgan fingerprint density at radius 1 is 1.28 bits per heavy atom. The lowest BCUT2D eigenvalue weighted by Crippen LogP contribution is -2.24. The van der Waals surface area contributed by atoms with E-state index in [1.54, 1.807) is 31.4 Å². The first-order valence-corrected chi connectivity index (χ1v) is 7.06. The maximum absolute atomic E-state index is 11.6. The fourth-order valence-electron chi connectivity index (χ4n) is 1.79. The highest BCUT2D eigenvalue weighted by atomic mass is 16.6. The van der Waals surface area contributed by atoms with Crippen molar-refractivity contribution in [1.29, 1.82) is 0 Å². The quantitative estimate of drug-likeness (QED) is 0.448. The Morgan fingerprint density at radius 2 is 1.96 bits per heavy atom. The number of carbonyl (C=O) groups is 1. The van der Waals surface area contributed by atoms with Gasteiger partial charge in [-0.3, -0.25) is 14.9 Å². The number of ether oxygens (including phenoxy) is 2. The van der Waals surface area contributed by atoms with E-state index in [4.69, 9.17) is 9.47 Å². The Bertz CT molecular complexity index is 789. The van der Waals surface area contributed by atoms with Gasteiger partial charge in [0.15, 0.2) is 6.61 Å². The molecule has 0 bridgehead atoms. The van der Waals surface area contributed by atoms with Crippen LogP contribution in [-0.4, -0.2) is 35.9 Å². The minimum atomic E-state index is -0.599. The van der Waals surface area contributed by atoms with Crippen molar-refractivity contribution >= 4 is 17.8 Å². The molecule has 0 aliphatic rings. The minimum absolute atomic E-state index is 0.102. The highest BCUT2D eigenvalue weighted by molar-refractivity contribution is 5.86. The third-order valence-electron chi connectivity index (χ3n) is 3.04. The molecule has 9 heteroatoms. The molecule has 1 amide bonds. The maximum Gasteiger partial charge on any atom is 0.277 e. The van der Waals surface area contributed by atoms with Crippen molar-refractivity contribution in [1.82, 2.24) is 5.43 Å². The zero-order valence-corrected chi connectivity index (χ0v) is 13.2. The number of carbonyl (C=O) groups excluding carboxylic acids is 1. The molecule has 0 saturated heterocycles. The monoisotopic (exact) mass is 345 g/mol. The van der Waals surface area contributed by atoms with Crippen LogP contribution >= 0.6 is 0 Å². The van der Waals surface area contributed by atoms with E-state index in [1.165, 1.54) is 6.07 Å². The van der Waals surface area contributed by atoms with Crippen LogP contribution in [0.3, 0.4) is 0 Å². The predicted molar refractivity (Wildman–Crippen MR) is 89.0 cm³/mol. The second-order valence-corrected chi connectivity index (χ2v) is 4.76. The summed E-state index contributed by atoms with van der Waals surface area (Å²) in [5.41, 5.74) is 2.10. The van der Waals surface area contributed by atoms with Crippen molar-refractivity contribution < 1.29 is 24.3 Å². The van der Waals surface area contributed by atoms with Gasteiger partial charge in [0.05, 0.1) is 18.2 Å². The van der Waals surface area contributed by atoms with E-state index in [0.717, 1.165) is 18.3 Å². The molecule has 0 aromatic heterocycles. The largest absolute Gasteiger partial charge is 0.507 e. The molecule has 0 saturated carbocycles. The fourth-order valence-corrected chi connectivity index (χ4v) is 1.79. The normalized spacial score (nSPS) is 10.4. The van der Waals surface area contributed by atoms with Crippen LogP contribution in [0.15, 0.2) is 47.6 Å². The van der Waals surface area contributed by atoms with Crippen LogP contribution < -0.4 is 14.9 Å². The van der Waals surface area contributed by atoms with Gasteiger partial charge in [-0.2, -0.15) is 5.10 Å². The first-order valence-electron chi connectivity index (χ1n) is 7.06. The van der Waals surface area contributed by atoms with E-state index in [0.29, 0.717) is 11.5 Å². The standard InChI is InChI=1S/C16H15N3O6/c1-24-13-3-5-14(6-4-13)25-10-16(21)18-17-9-11-8-12(19(22)23)2-7-15(11)20/h2-9,20H,10H2,1H3,(H,18,21). The maximum atomic E-state index is 11.6. The van der Waals surface area contributed by atoms with Crippen LogP contribution in [0.5, 0.6) is 17.2 Å². The van der Waals surface area contributed by atoms with E-state index >= 15 is 0 Å². The van der Waals surface area contributed by atoms with Crippen molar-refractivity contribution in [2.45, 2.75) is 0 Å². The van der Waals surface area contributed by atoms with Gasteiger partial charge in [-0.15, -0.1) is 0 Å². The number of hydrogen-bond acceptors (Lipinski definition) is 7. The molecule has 0 atom stereocenters. The number of nitrogens with zero attached hydrogens (tertiary/aromatic N) is 2. The minimum Gasteiger partial charge on any atom is -0.507 e. The number of hydrazone groups is 1. The Balaban J connectivity index is 1.87. The summed E-state index contributed by atoms with van der Waals surface area (Å²) in [5, 5.41) is 23.9. The molecule has 0 aliphatic heterocycles. The highest BCUT2D eigenvalue weighted by Crippen LogP contribution is 2.21. The van der Waals surface area contributed by atoms with E-state index in [-0.39, 0.29) is 23.6 Å². The Hall–Kier alpha value is -3.62. The zero-order valence-electron chi connectivity index (χ0n) is 13.2. The third-order valence-corrected chi connectivity index (χ3v) is 3.04. The molecule has 0 radical (unpaired) electrons. The van der Waals surface area contributed by atoms with Gasteiger partial charge in [0.2, 0.25) is 0 Å². The van der Waals surface area contributed by atoms with Crippen LogP contribution in [-0.2, 0) is 4.79 Å². The second-order valence-electron chi connectivity index (χ2n) is 4.76. The van der Waals surface area contributed by atoms with Gasteiger partial charge in [-0.05, 0) is 30.3 Å². The predicted octanol–water partition coefficient (Wildman–Crippen LogP) is 1.84. The van der Waals surface area contributed by atoms with Gasteiger partial charge in [-0.25, -0.2) is 5.43 Å². The molecule has 9 nitrogen and oxygen atoms in total. The Kier molecular flexibility index (Phi) is 5.88. The third kappa shape index (κ3) is 5.20. The molecular weight excluding hydrogens is 330 g/mol. The lowest BCUT2D eigenvalue weighted by atomic mass is 10.2. The van der Waals surface area contributed by atoms with Crippen molar-refractivity contribution in [3.05, 3.63) is 58.1 Å². The molecule has 2 aromatic carbocycles. The van der Waals surface area contributed by atoms with Crippen LogP contribution in [0.2, 0.25) is 0 Å². The number of non-ortho nitro benzene ring substituents is 1. The molecule has 0 heterocycles. The number of hydrogen-bond donors (Lipinski definition) is 2. The SMILES string of the molecule is COc1ccc(OCC(=O)NN=Cc2cc([N+](=O)[O-])ccc2O)cc1. The lowest BCUT2D eigenvalue weighted by molar-refractivity contribution is -0.384. The molecule has 0 spiro atoms. The number of phenolic OH excluding ortho intramolecular Hbond substituents is 1. The van der Waals surface area contributed by atoms with Crippen LogP contribution in [0.4, 0.5) is 5.69 Å². The molecule has 0 fully saturated rings. The van der Waals surface area contributed by atoms with Crippen LogP contribution in [0.25, 0.3) is 0 Å². The molecule has 25 heavy (non-hydrogen) atoms. The summed E-state index contributed by atoms with van der Waals surface area (Å²) in [7, 11) is 1.54. The Morgan fingerprint density at radius 3 is 2.60 bits per heavy atom. The Labute approximate surface area is 142 Å². The van der Waals surface area contributed by atoms with Crippen molar-refractivity contribution in [2.75, 3.05) is 13.7 Å². The number of aromatic hydroxyl groups is 1. The van der Waals surface area contributed by atoms with Gasteiger partial charge in [0.25, 0.3) is 11.6 Å². The van der Waals surface area contributed by atoms with Crippen molar-refractivity contribution in [2.24, 2.45) is 5.10 Å². The number of nitro groups is 1. The van der Waals surface area contributed by atoms with E-state index in [2.05, 4.69) is 10.5 Å². The number of methoxy groups -OCH3 is 1. The summed E-state index contributed by atoms with van der Waals surface area (Å²) in [4.78, 5) is 21.7. The van der Waals surface area contributed by atoms with Gasteiger partial charge in [0, 0.05) is 17.7 Å². The van der Waals surface area contributed by atoms with Crippen molar-refractivity contribution in [3.63, 3.8) is 0 Å². The molecule has 2 N–H and O–H groups in total. The average Bonchev–Trinajstić information content (AvgIpc) is 2.61. The fraction of sp³-hybridized carbons (Fsp3) is 0.125. The molecule has 2 rings (SSSR count). The number of phenols is 1. The highest BCUT2D eigenvalue weighted by Gasteiger charge is 2.09. The zero-order chi connectivity index (χ0) is 18.2. The summed E-state index contributed by atoms with van der Waals surface area (Å²) < 4.78 is 10.3. The smallest absolute Gasteiger partial charge is 0.277 e. The van der Waals surface area contributed by atoms with Gasteiger partial charge in [-0.1, -0.05) is 0 Å². The number of nitrogens with one attached hydrogen (secondary N) is 1.